The van der Waals surface area contributed by atoms with E-state index in [9.17, 15) is 4.79 Å². The van der Waals surface area contributed by atoms with E-state index >= 15 is 0 Å². The molecule has 1 aromatic rings. The predicted molar refractivity (Wildman–Crippen MR) is 69.5 cm³/mol. The first-order chi connectivity index (χ1) is 8.20. The highest BCUT2D eigenvalue weighted by Gasteiger charge is 2.26. The Morgan fingerprint density at radius 3 is 3.18 bits per heavy atom. The van der Waals surface area contributed by atoms with Crippen LogP contribution in [0.5, 0.6) is 0 Å². The number of likely N-dealkylation sites (tertiary alicyclic amines) is 1. The second kappa shape index (κ2) is 5.49. The average Bonchev–Trinajstić information content (AvgIpc) is 2.76. The number of piperidine rings is 1. The van der Waals surface area contributed by atoms with Gasteiger partial charge in [-0.3, -0.25) is 0 Å². The number of rotatable bonds is 2. The first kappa shape index (κ1) is 12.4. The van der Waals surface area contributed by atoms with Gasteiger partial charge in [0.1, 0.15) is 0 Å². The summed E-state index contributed by atoms with van der Waals surface area (Å²) in [5, 5.41) is 6.12. The number of carbonyl (C=O) groups is 1. The lowest BCUT2D eigenvalue weighted by atomic mass is 9.99. The van der Waals surface area contributed by atoms with Gasteiger partial charge in [0.25, 0.3) is 0 Å². The fourth-order valence-corrected chi connectivity index (χ4v) is 3.11. The molecular weight excluding hydrogens is 234 g/mol. The predicted octanol–water partition coefficient (Wildman–Crippen LogP) is 2.36. The van der Waals surface area contributed by atoms with Crippen molar-refractivity contribution in [1.29, 1.82) is 0 Å². The maximum Gasteiger partial charge on any atom is 0.317 e. The van der Waals surface area contributed by atoms with Crippen LogP contribution in [0.3, 0.4) is 0 Å². The molecule has 0 bridgehead atoms. The molecule has 0 aliphatic carbocycles. The number of thiazole rings is 1. The van der Waals surface area contributed by atoms with Gasteiger partial charge in [0, 0.05) is 36.6 Å². The fourth-order valence-electron chi connectivity index (χ4n) is 2.19. The molecule has 1 aliphatic rings. The molecule has 2 rings (SSSR count). The Morgan fingerprint density at radius 1 is 1.71 bits per heavy atom. The van der Waals surface area contributed by atoms with E-state index in [0.717, 1.165) is 31.6 Å². The van der Waals surface area contributed by atoms with E-state index in [2.05, 4.69) is 15.7 Å². The zero-order chi connectivity index (χ0) is 12.3. The number of hydrogen-bond donors (Lipinski definition) is 1. The van der Waals surface area contributed by atoms with Gasteiger partial charge in [-0.05, 0) is 26.7 Å². The summed E-state index contributed by atoms with van der Waals surface area (Å²) in [5.41, 5.74) is 1.08. The number of hydrogen-bond acceptors (Lipinski definition) is 3. The molecule has 0 spiro atoms. The standard InChI is InChI=1S/C12H19N3OS/c1-3-13-12(16)15-6-4-5-10(7-15)11-14-9(2)8-17-11/h8,10H,3-7H2,1-2H3,(H,13,16)/t10-/m0/s1. The highest BCUT2D eigenvalue weighted by atomic mass is 32.1. The second-order valence-corrected chi connectivity index (χ2v) is 5.34. The Labute approximate surface area is 106 Å². The molecule has 1 aromatic heterocycles. The molecule has 0 saturated carbocycles. The normalized spacial score (nSPS) is 20.4. The molecule has 1 aliphatic heterocycles. The van der Waals surface area contributed by atoms with Crippen LogP contribution in [0.4, 0.5) is 4.79 Å². The van der Waals surface area contributed by atoms with Crippen molar-refractivity contribution in [3.8, 4) is 0 Å². The summed E-state index contributed by atoms with van der Waals surface area (Å²) in [6, 6.07) is 0.0606. The first-order valence-corrected chi connectivity index (χ1v) is 7.03. The van der Waals surface area contributed by atoms with Crippen molar-refractivity contribution in [3.05, 3.63) is 16.1 Å². The van der Waals surface area contributed by atoms with Crippen LogP contribution < -0.4 is 5.32 Å². The largest absolute Gasteiger partial charge is 0.338 e. The Hall–Kier alpha value is -1.10. The monoisotopic (exact) mass is 253 g/mol. The SMILES string of the molecule is CCNC(=O)N1CCC[C@H](c2nc(C)cs2)C1. The van der Waals surface area contributed by atoms with Gasteiger partial charge in [-0.15, -0.1) is 11.3 Å². The molecule has 1 fully saturated rings. The van der Waals surface area contributed by atoms with Crippen LogP contribution in [0.1, 0.15) is 36.4 Å². The number of nitrogens with one attached hydrogen (secondary N) is 1. The minimum Gasteiger partial charge on any atom is -0.338 e. The number of nitrogens with zero attached hydrogens (tertiary/aromatic N) is 2. The van der Waals surface area contributed by atoms with Crippen molar-refractivity contribution >= 4 is 17.4 Å². The lowest BCUT2D eigenvalue weighted by Gasteiger charge is -2.31. The van der Waals surface area contributed by atoms with Crippen LogP contribution in [-0.4, -0.2) is 35.5 Å². The van der Waals surface area contributed by atoms with E-state index in [4.69, 9.17) is 0 Å². The summed E-state index contributed by atoms with van der Waals surface area (Å²) >= 11 is 1.71. The van der Waals surface area contributed by atoms with Crippen molar-refractivity contribution in [1.82, 2.24) is 15.2 Å². The average molecular weight is 253 g/mol. The summed E-state index contributed by atoms with van der Waals surface area (Å²) in [6.07, 6.45) is 2.21. The number of amides is 2. The molecule has 94 valence electrons. The molecule has 0 radical (unpaired) electrons. The van der Waals surface area contributed by atoms with Gasteiger partial charge in [-0.1, -0.05) is 0 Å². The van der Waals surface area contributed by atoms with Crippen LogP contribution >= 0.6 is 11.3 Å². The van der Waals surface area contributed by atoms with Crippen molar-refractivity contribution in [3.63, 3.8) is 0 Å². The fraction of sp³-hybridized carbons (Fsp3) is 0.667. The van der Waals surface area contributed by atoms with Gasteiger partial charge in [0.05, 0.1) is 5.01 Å². The van der Waals surface area contributed by atoms with E-state index < -0.39 is 0 Å². The summed E-state index contributed by atoms with van der Waals surface area (Å²) in [7, 11) is 0. The van der Waals surface area contributed by atoms with Crippen LogP contribution in [0, 0.1) is 6.92 Å². The van der Waals surface area contributed by atoms with Crippen molar-refractivity contribution in [2.75, 3.05) is 19.6 Å². The van der Waals surface area contributed by atoms with E-state index in [0.29, 0.717) is 12.5 Å². The third kappa shape index (κ3) is 2.97. The maximum atomic E-state index is 11.8. The van der Waals surface area contributed by atoms with E-state index in [1.54, 1.807) is 11.3 Å². The molecular formula is C12H19N3OS. The minimum atomic E-state index is 0.0606. The van der Waals surface area contributed by atoms with Crippen molar-refractivity contribution < 1.29 is 4.79 Å². The Morgan fingerprint density at radius 2 is 2.53 bits per heavy atom. The smallest absolute Gasteiger partial charge is 0.317 e. The summed E-state index contributed by atoms with van der Waals surface area (Å²) in [4.78, 5) is 18.2. The third-order valence-corrected chi connectivity index (χ3v) is 4.15. The minimum absolute atomic E-state index is 0.0606. The zero-order valence-corrected chi connectivity index (χ0v) is 11.2. The Kier molecular flexibility index (Phi) is 3.99. The molecule has 1 N–H and O–H groups in total. The zero-order valence-electron chi connectivity index (χ0n) is 10.4. The van der Waals surface area contributed by atoms with Gasteiger partial charge < -0.3 is 10.2 Å². The van der Waals surface area contributed by atoms with Crippen LogP contribution in [0.15, 0.2) is 5.38 Å². The van der Waals surface area contributed by atoms with Crippen LogP contribution in [-0.2, 0) is 0 Å². The van der Waals surface area contributed by atoms with Crippen LogP contribution in [0.2, 0.25) is 0 Å². The molecule has 1 saturated heterocycles. The number of aromatic nitrogens is 1. The highest BCUT2D eigenvalue weighted by Crippen LogP contribution is 2.29. The van der Waals surface area contributed by atoms with Gasteiger partial charge in [0.2, 0.25) is 0 Å². The first-order valence-electron chi connectivity index (χ1n) is 6.15. The molecule has 17 heavy (non-hydrogen) atoms. The van der Waals surface area contributed by atoms with Crippen molar-refractivity contribution in [2.45, 2.75) is 32.6 Å². The van der Waals surface area contributed by atoms with Gasteiger partial charge in [0.15, 0.2) is 0 Å². The molecule has 0 unspecified atom stereocenters. The lowest BCUT2D eigenvalue weighted by molar-refractivity contribution is 0.180. The molecule has 5 heteroatoms. The van der Waals surface area contributed by atoms with Gasteiger partial charge in [-0.25, -0.2) is 9.78 Å². The van der Waals surface area contributed by atoms with Gasteiger partial charge in [-0.2, -0.15) is 0 Å². The van der Waals surface area contributed by atoms with E-state index in [-0.39, 0.29) is 6.03 Å². The molecule has 2 heterocycles. The van der Waals surface area contributed by atoms with E-state index in [1.807, 2.05) is 18.7 Å². The summed E-state index contributed by atoms with van der Waals surface area (Å²) < 4.78 is 0. The molecule has 0 aromatic carbocycles. The summed E-state index contributed by atoms with van der Waals surface area (Å²) in [5.74, 6) is 0.421. The summed E-state index contributed by atoms with van der Waals surface area (Å²) in [6.45, 7) is 6.33. The Balaban J connectivity index is 1.99. The number of carbonyl (C=O) groups excluding carboxylic acids is 1. The van der Waals surface area contributed by atoms with Crippen molar-refractivity contribution in [2.24, 2.45) is 0 Å². The molecule has 4 nitrogen and oxygen atoms in total. The lowest BCUT2D eigenvalue weighted by Crippen LogP contribution is -2.44. The number of aryl methyl sites for hydroxylation is 1. The third-order valence-electron chi connectivity index (χ3n) is 3.02. The topological polar surface area (TPSA) is 45.2 Å². The second-order valence-electron chi connectivity index (χ2n) is 4.45. The van der Waals surface area contributed by atoms with Gasteiger partial charge >= 0.3 is 6.03 Å². The van der Waals surface area contributed by atoms with E-state index in [1.165, 1.54) is 5.01 Å². The molecule has 1 atom stereocenters. The maximum absolute atomic E-state index is 11.8. The van der Waals surface area contributed by atoms with Crippen LogP contribution in [0.25, 0.3) is 0 Å². The number of urea groups is 1. The highest BCUT2D eigenvalue weighted by molar-refractivity contribution is 7.09. The quantitative estimate of drug-likeness (QED) is 0.879. The Bertz CT molecular complexity index is 391. The molecule has 2 amide bonds.